The Morgan fingerprint density at radius 1 is 1.03 bits per heavy atom. The standard InChI is InChI=1S/C26H29N7OS/c27-22-24(35-19-4-10-29-23-21(19)34-16-26(32-23)5-2-6-26)30-15-20(31-22)33-11-7-25(8-12-33)13-17-3-1-9-28-18(17)14-25/h1,3-4,9-10,15H,2,5-8,11-14,16H2,(H2,27,31)(H,29,32). The van der Waals surface area contributed by atoms with Crippen molar-refractivity contribution in [3.8, 4) is 5.75 Å². The van der Waals surface area contributed by atoms with Gasteiger partial charge in [-0.1, -0.05) is 17.8 Å². The van der Waals surface area contributed by atoms with Crippen LogP contribution < -0.4 is 20.7 Å². The zero-order chi connectivity index (χ0) is 23.5. The fraction of sp³-hybridized carbons (Fsp3) is 0.462. The van der Waals surface area contributed by atoms with Crippen LogP contribution in [0.25, 0.3) is 0 Å². The fourth-order valence-electron chi connectivity index (χ4n) is 6.00. The Kier molecular flexibility index (Phi) is 4.84. The first kappa shape index (κ1) is 21.2. The number of aromatic nitrogens is 4. The summed E-state index contributed by atoms with van der Waals surface area (Å²) in [5.74, 6) is 2.91. The number of hydrogen-bond acceptors (Lipinski definition) is 9. The number of nitrogens with zero attached hydrogens (tertiary/aromatic N) is 5. The van der Waals surface area contributed by atoms with Gasteiger partial charge in [0.25, 0.3) is 0 Å². The molecular weight excluding hydrogens is 458 g/mol. The van der Waals surface area contributed by atoms with Gasteiger partial charge < -0.3 is 20.7 Å². The second kappa shape index (κ2) is 7.98. The lowest BCUT2D eigenvalue weighted by Crippen LogP contribution is -2.52. The molecule has 0 aromatic carbocycles. The number of pyridine rings is 2. The third-order valence-electron chi connectivity index (χ3n) is 8.25. The summed E-state index contributed by atoms with van der Waals surface area (Å²) in [5, 5.41) is 4.30. The zero-order valence-corrected chi connectivity index (χ0v) is 20.5. The maximum absolute atomic E-state index is 6.40. The molecule has 0 atom stereocenters. The van der Waals surface area contributed by atoms with Crippen molar-refractivity contribution in [3.05, 3.63) is 48.0 Å². The molecule has 1 saturated carbocycles. The highest BCUT2D eigenvalue weighted by Crippen LogP contribution is 2.47. The zero-order valence-electron chi connectivity index (χ0n) is 19.7. The molecule has 2 spiro atoms. The maximum Gasteiger partial charge on any atom is 0.175 e. The molecule has 2 aliphatic carbocycles. The topological polar surface area (TPSA) is 102 Å². The molecule has 0 unspecified atom stereocenters. The lowest BCUT2D eigenvalue weighted by molar-refractivity contribution is 0.144. The molecule has 35 heavy (non-hydrogen) atoms. The lowest BCUT2D eigenvalue weighted by atomic mass is 9.76. The third kappa shape index (κ3) is 3.67. The number of nitrogens with two attached hydrogens (primary N) is 1. The molecular formula is C26H29N7OS. The smallest absolute Gasteiger partial charge is 0.175 e. The van der Waals surface area contributed by atoms with Gasteiger partial charge in [0.1, 0.15) is 17.5 Å². The number of piperidine rings is 1. The molecule has 3 aromatic heterocycles. The van der Waals surface area contributed by atoms with Crippen LogP contribution in [0, 0.1) is 5.41 Å². The molecule has 1 saturated heterocycles. The minimum atomic E-state index is 0.0641. The predicted octanol–water partition coefficient (Wildman–Crippen LogP) is 4.11. The van der Waals surface area contributed by atoms with Crippen LogP contribution in [0.2, 0.25) is 0 Å². The Bertz CT molecular complexity index is 1260. The maximum atomic E-state index is 6.40. The van der Waals surface area contributed by atoms with Crippen molar-refractivity contribution in [2.24, 2.45) is 5.41 Å². The van der Waals surface area contributed by atoms with E-state index in [0.29, 0.717) is 22.9 Å². The van der Waals surface area contributed by atoms with Gasteiger partial charge in [0.15, 0.2) is 17.4 Å². The van der Waals surface area contributed by atoms with Crippen molar-refractivity contribution >= 4 is 29.2 Å². The Balaban J connectivity index is 1.04. The monoisotopic (exact) mass is 487 g/mol. The van der Waals surface area contributed by atoms with Crippen LogP contribution in [-0.4, -0.2) is 45.2 Å². The second-order valence-corrected chi connectivity index (χ2v) is 11.5. The molecule has 8 nitrogen and oxygen atoms in total. The van der Waals surface area contributed by atoms with Crippen LogP contribution in [-0.2, 0) is 12.8 Å². The van der Waals surface area contributed by atoms with Gasteiger partial charge in [0, 0.05) is 31.2 Å². The average molecular weight is 488 g/mol. The number of nitrogens with one attached hydrogen (secondary N) is 1. The minimum Gasteiger partial charge on any atom is -0.486 e. The van der Waals surface area contributed by atoms with Crippen LogP contribution in [0.5, 0.6) is 5.75 Å². The first-order valence-corrected chi connectivity index (χ1v) is 13.3. The SMILES string of the molecule is Nc1nc(N2CCC3(CC2)Cc2cccnc2C3)cnc1Sc1ccnc2c1OCC1(CCC1)N2. The molecule has 4 aliphatic rings. The Morgan fingerprint density at radius 2 is 1.91 bits per heavy atom. The normalized spacial score (nSPS) is 21.1. The van der Waals surface area contributed by atoms with Gasteiger partial charge in [0.2, 0.25) is 0 Å². The molecule has 180 valence electrons. The summed E-state index contributed by atoms with van der Waals surface area (Å²) in [6.45, 7) is 2.61. The highest BCUT2D eigenvalue weighted by Gasteiger charge is 2.42. The summed E-state index contributed by atoms with van der Waals surface area (Å²) < 4.78 is 6.16. The van der Waals surface area contributed by atoms with E-state index in [9.17, 15) is 0 Å². The van der Waals surface area contributed by atoms with E-state index in [-0.39, 0.29) is 5.54 Å². The minimum absolute atomic E-state index is 0.0641. The van der Waals surface area contributed by atoms with Crippen LogP contribution in [0.4, 0.5) is 17.5 Å². The highest BCUT2D eigenvalue weighted by atomic mass is 32.2. The van der Waals surface area contributed by atoms with Crippen LogP contribution in [0.15, 0.2) is 46.7 Å². The number of nitrogen functional groups attached to an aromatic ring is 1. The predicted molar refractivity (Wildman–Crippen MR) is 136 cm³/mol. The summed E-state index contributed by atoms with van der Waals surface area (Å²) in [7, 11) is 0. The van der Waals surface area contributed by atoms with Crippen molar-refractivity contribution in [2.45, 2.75) is 60.4 Å². The van der Waals surface area contributed by atoms with Gasteiger partial charge in [-0.15, -0.1) is 0 Å². The molecule has 0 bridgehead atoms. The van der Waals surface area contributed by atoms with Gasteiger partial charge in [0.05, 0.1) is 16.6 Å². The van der Waals surface area contributed by atoms with E-state index < -0.39 is 0 Å². The molecule has 2 fully saturated rings. The fourth-order valence-corrected chi connectivity index (χ4v) is 6.85. The van der Waals surface area contributed by atoms with Crippen molar-refractivity contribution in [1.82, 2.24) is 19.9 Å². The van der Waals surface area contributed by atoms with Gasteiger partial charge >= 0.3 is 0 Å². The molecule has 0 radical (unpaired) electrons. The highest BCUT2D eigenvalue weighted by molar-refractivity contribution is 7.99. The number of ether oxygens (including phenoxy) is 1. The largest absolute Gasteiger partial charge is 0.486 e. The lowest BCUT2D eigenvalue weighted by Gasteiger charge is -2.45. The molecule has 7 rings (SSSR count). The third-order valence-corrected chi connectivity index (χ3v) is 9.30. The number of anilines is 3. The van der Waals surface area contributed by atoms with E-state index >= 15 is 0 Å². The molecule has 2 aliphatic heterocycles. The molecule has 5 heterocycles. The quantitative estimate of drug-likeness (QED) is 0.565. The van der Waals surface area contributed by atoms with Crippen molar-refractivity contribution < 1.29 is 4.74 Å². The molecule has 3 N–H and O–H groups in total. The summed E-state index contributed by atoms with van der Waals surface area (Å²) in [4.78, 5) is 21.8. The van der Waals surface area contributed by atoms with Crippen molar-refractivity contribution in [2.75, 3.05) is 35.6 Å². The van der Waals surface area contributed by atoms with E-state index in [2.05, 4.69) is 32.3 Å². The van der Waals surface area contributed by atoms with E-state index in [0.717, 1.165) is 73.9 Å². The number of rotatable bonds is 3. The van der Waals surface area contributed by atoms with Gasteiger partial charge in [-0.25, -0.2) is 15.0 Å². The summed E-state index contributed by atoms with van der Waals surface area (Å²) in [6, 6.07) is 6.25. The van der Waals surface area contributed by atoms with Crippen molar-refractivity contribution in [1.29, 1.82) is 0 Å². The first-order valence-electron chi connectivity index (χ1n) is 12.5. The number of hydrogen-bond donors (Lipinski definition) is 2. The summed E-state index contributed by atoms with van der Waals surface area (Å²) in [6.07, 6.45) is 13.6. The molecule has 0 amide bonds. The van der Waals surface area contributed by atoms with Crippen LogP contribution >= 0.6 is 11.8 Å². The Labute approximate surface area is 209 Å². The van der Waals surface area contributed by atoms with Gasteiger partial charge in [-0.3, -0.25) is 4.98 Å². The van der Waals surface area contributed by atoms with E-state index in [1.807, 2.05) is 24.7 Å². The number of fused-ring (bicyclic) bond motifs is 2. The van der Waals surface area contributed by atoms with Gasteiger partial charge in [-0.05, 0) is 68.1 Å². The average Bonchev–Trinajstić information content (AvgIpc) is 3.22. The molecule has 9 heteroatoms. The van der Waals surface area contributed by atoms with Crippen LogP contribution in [0.3, 0.4) is 0 Å². The van der Waals surface area contributed by atoms with E-state index in [1.165, 1.54) is 29.4 Å². The van der Waals surface area contributed by atoms with E-state index in [1.54, 1.807) is 0 Å². The van der Waals surface area contributed by atoms with Gasteiger partial charge in [-0.2, -0.15) is 0 Å². The first-order chi connectivity index (χ1) is 17.1. The molecule has 3 aromatic rings. The second-order valence-electron chi connectivity index (χ2n) is 10.5. The Morgan fingerprint density at radius 3 is 2.69 bits per heavy atom. The summed E-state index contributed by atoms with van der Waals surface area (Å²) in [5.41, 5.74) is 9.51. The van der Waals surface area contributed by atoms with Crippen molar-refractivity contribution in [3.63, 3.8) is 0 Å². The summed E-state index contributed by atoms with van der Waals surface area (Å²) >= 11 is 1.49. The van der Waals surface area contributed by atoms with Crippen LogP contribution in [0.1, 0.15) is 43.4 Å². The van der Waals surface area contributed by atoms with E-state index in [4.69, 9.17) is 20.4 Å². The Hall–Kier alpha value is -3.07.